The normalized spacial score (nSPS) is 31.0. The van der Waals surface area contributed by atoms with Crippen LogP contribution in [0.2, 0.25) is 0 Å². The zero-order valence-corrected chi connectivity index (χ0v) is 7.58. The van der Waals surface area contributed by atoms with E-state index in [1.807, 2.05) is 0 Å². The first-order chi connectivity index (χ1) is 5.73. The minimum absolute atomic E-state index is 0.0709. The summed E-state index contributed by atoms with van der Waals surface area (Å²) in [5.74, 6) is -2.65. The lowest BCUT2D eigenvalue weighted by Crippen LogP contribution is -2.56. The molecule has 0 unspecified atom stereocenters. The number of rotatable bonds is 1. The predicted octanol–water partition coefficient (Wildman–Crippen LogP) is 1.86. The highest BCUT2D eigenvalue weighted by molar-refractivity contribution is 7.87. The lowest BCUT2D eigenvalue weighted by molar-refractivity contribution is -0.189. The van der Waals surface area contributed by atoms with Crippen LogP contribution in [-0.4, -0.2) is 19.6 Å². The number of hydrogen-bond donors (Lipinski definition) is 0. The van der Waals surface area contributed by atoms with Crippen LogP contribution >= 0.6 is 0 Å². The van der Waals surface area contributed by atoms with E-state index in [1.54, 1.807) is 0 Å². The standard InChI is InChI=1S/C7H9F3O2S/c8-7(9)3-6(4-7)1-5(2-6)13(10,11)12/h5H,1-4H2. The molecule has 0 aliphatic heterocycles. The van der Waals surface area contributed by atoms with Crippen molar-refractivity contribution in [2.45, 2.75) is 36.9 Å². The molecule has 0 radical (unpaired) electrons. The van der Waals surface area contributed by atoms with Gasteiger partial charge in [-0.15, -0.1) is 3.89 Å². The van der Waals surface area contributed by atoms with E-state index in [4.69, 9.17) is 0 Å². The van der Waals surface area contributed by atoms with Gasteiger partial charge in [0.05, 0.1) is 5.25 Å². The van der Waals surface area contributed by atoms with E-state index < -0.39 is 26.8 Å². The summed E-state index contributed by atoms with van der Waals surface area (Å²) in [7, 11) is -4.50. The van der Waals surface area contributed by atoms with Crippen LogP contribution in [0.15, 0.2) is 0 Å². The van der Waals surface area contributed by atoms with E-state index in [9.17, 15) is 21.1 Å². The average Bonchev–Trinajstić information content (AvgIpc) is 1.72. The summed E-state index contributed by atoms with van der Waals surface area (Å²) in [6, 6.07) is 0. The molecule has 0 heterocycles. The average molecular weight is 214 g/mol. The quantitative estimate of drug-likeness (QED) is 0.624. The first kappa shape index (κ1) is 9.30. The molecule has 0 amide bonds. The van der Waals surface area contributed by atoms with E-state index in [1.165, 1.54) is 0 Å². The van der Waals surface area contributed by atoms with Gasteiger partial charge >= 0.3 is 10.2 Å². The van der Waals surface area contributed by atoms with E-state index >= 15 is 0 Å². The van der Waals surface area contributed by atoms with Crippen molar-refractivity contribution in [3.63, 3.8) is 0 Å². The molecular weight excluding hydrogens is 205 g/mol. The van der Waals surface area contributed by atoms with Crippen LogP contribution in [-0.2, 0) is 10.2 Å². The van der Waals surface area contributed by atoms with Gasteiger partial charge in [-0.2, -0.15) is 8.42 Å². The molecule has 2 saturated carbocycles. The SMILES string of the molecule is O=S(=O)(F)C1CC2(C1)CC(F)(F)C2. The Morgan fingerprint density at radius 2 is 1.62 bits per heavy atom. The van der Waals surface area contributed by atoms with Crippen molar-refractivity contribution in [2.75, 3.05) is 0 Å². The van der Waals surface area contributed by atoms with Crippen LogP contribution in [0.3, 0.4) is 0 Å². The molecule has 2 nitrogen and oxygen atoms in total. The second kappa shape index (κ2) is 2.21. The fourth-order valence-electron chi connectivity index (χ4n) is 2.44. The Kier molecular flexibility index (Phi) is 1.58. The van der Waals surface area contributed by atoms with Crippen molar-refractivity contribution >= 4 is 10.2 Å². The minimum Gasteiger partial charge on any atom is -0.207 e. The molecule has 0 bridgehead atoms. The molecule has 76 valence electrons. The summed E-state index contributed by atoms with van der Waals surface area (Å²) >= 11 is 0. The third kappa shape index (κ3) is 1.45. The Hall–Kier alpha value is -0.260. The molecular formula is C7H9F3O2S. The van der Waals surface area contributed by atoms with E-state index in [0.717, 1.165) is 0 Å². The van der Waals surface area contributed by atoms with Crippen LogP contribution in [0.25, 0.3) is 0 Å². The van der Waals surface area contributed by atoms with Gasteiger partial charge in [-0.3, -0.25) is 0 Å². The lowest BCUT2D eigenvalue weighted by atomic mass is 9.54. The smallest absolute Gasteiger partial charge is 0.207 e. The highest BCUT2D eigenvalue weighted by atomic mass is 32.3. The topological polar surface area (TPSA) is 34.1 Å². The maximum Gasteiger partial charge on any atom is 0.305 e. The van der Waals surface area contributed by atoms with Crippen molar-refractivity contribution in [2.24, 2.45) is 5.41 Å². The third-order valence-corrected chi connectivity index (χ3v) is 4.12. The van der Waals surface area contributed by atoms with E-state index in [2.05, 4.69) is 0 Å². The van der Waals surface area contributed by atoms with E-state index in [-0.39, 0.29) is 25.7 Å². The number of hydrogen-bond acceptors (Lipinski definition) is 2. The Balaban J connectivity index is 1.94. The molecule has 0 N–H and O–H groups in total. The van der Waals surface area contributed by atoms with Gasteiger partial charge in [0.15, 0.2) is 0 Å². The Bertz CT molecular complexity index is 320. The molecule has 0 saturated heterocycles. The summed E-state index contributed by atoms with van der Waals surface area (Å²) in [4.78, 5) is 0. The van der Waals surface area contributed by atoms with Crippen molar-refractivity contribution in [3.8, 4) is 0 Å². The molecule has 2 fully saturated rings. The van der Waals surface area contributed by atoms with Gasteiger partial charge in [0.2, 0.25) is 5.92 Å². The van der Waals surface area contributed by atoms with E-state index in [0.29, 0.717) is 0 Å². The summed E-state index contributed by atoms with van der Waals surface area (Å²) in [6.07, 6.45) is -0.402. The fraction of sp³-hybridized carbons (Fsp3) is 1.00. The summed E-state index contributed by atoms with van der Waals surface area (Å²) < 4.78 is 57.9. The third-order valence-electron chi connectivity index (χ3n) is 2.99. The van der Waals surface area contributed by atoms with Crippen LogP contribution in [0.4, 0.5) is 12.7 Å². The second-order valence-corrected chi connectivity index (χ2v) is 5.83. The van der Waals surface area contributed by atoms with Crippen molar-refractivity contribution in [3.05, 3.63) is 0 Å². The Morgan fingerprint density at radius 1 is 1.15 bits per heavy atom. The summed E-state index contributed by atoms with van der Waals surface area (Å²) in [5.41, 5.74) is -0.562. The largest absolute Gasteiger partial charge is 0.305 e. The molecule has 0 aromatic carbocycles. The number of alkyl halides is 2. The molecule has 0 aromatic rings. The Labute approximate surface area is 74.3 Å². The van der Waals surface area contributed by atoms with Gasteiger partial charge in [0.25, 0.3) is 0 Å². The zero-order valence-electron chi connectivity index (χ0n) is 6.76. The molecule has 6 heteroatoms. The first-order valence-electron chi connectivity index (χ1n) is 4.04. The van der Waals surface area contributed by atoms with Crippen LogP contribution in [0.5, 0.6) is 0 Å². The Morgan fingerprint density at radius 3 is 1.92 bits per heavy atom. The lowest BCUT2D eigenvalue weighted by Gasteiger charge is -2.55. The van der Waals surface area contributed by atoms with Gasteiger partial charge in [-0.25, -0.2) is 8.78 Å². The molecule has 2 aliphatic rings. The summed E-state index contributed by atoms with van der Waals surface area (Å²) in [5, 5.41) is -1.02. The van der Waals surface area contributed by atoms with Gasteiger partial charge < -0.3 is 0 Å². The first-order valence-corrected chi connectivity index (χ1v) is 5.49. The monoisotopic (exact) mass is 214 g/mol. The molecule has 13 heavy (non-hydrogen) atoms. The maximum atomic E-state index is 12.4. The molecule has 2 aliphatic carbocycles. The predicted molar refractivity (Wildman–Crippen MR) is 39.7 cm³/mol. The zero-order chi connectivity index (χ0) is 9.91. The van der Waals surface area contributed by atoms with Gasteiger partial charge in [0, 0.05) is 12.8 Å². The van der Waals surface area contributed by atoms with Crippen molar-refractivity contribution in [1.82, 2.24) is 0 Å². The van der Waals surface area contributed by atoms with Crippen molar-refractivity contribution < 1.29 is 21.1 Å². The van der Waals surface area contributed by atoms with Crippen LogP contribution < -0.4 is 0 Å². The minimum atomic E-state index is -4.50. The molecule has 0 atom stereocenters. The fourth-order valence-corrected chi connectivity index (χ4v) is 3.54. The summed E-state index contributed by atoms with van der Waals surface area (Å²) in [6.45, 7) is 0. The second-order valence-electron chi connectivity index (χ2n) is 4.22. The van der Waals surface area contributed by atoms with Crippen LogP contribution in [0, 0.1) is 5.41 Å². The molecule has 1 spiro atoms. The maximum absolute atomic E-state index is 12.4. The molecule has 2 rings (SSSR count). The number of halogens is 3. The highest BCUT2D eigenvalue weighted by Gasteiger charge is 2.64. The van der Waals surface area contributed by atoms with Gasteiger partial charge in [-0.1, -0.05) is 0 Å². The van der Waals surface area contributed by atoms with Crippen molar-refractivity contribution in [1.29, 1.82) is 0 Å². The molecule has 0 aromatic heterocycles. The van der Waals surface area contributed by atoms with Gasteiger partial charge in [-0.05, 0) is 18.3 Å². The van der Waals surface area contributed by atoms with Gasteiger partial charge in [0.1, 0.15) is 0 Å². The highest BCUT2D eigenvalue weighted by Crippen LogP contribution is 2.63. The van der Waals surface area contributed by atoms with Crippen LogP contribution in [0.1, 0.15) is 25.7 Å².